The highest BCUT2D eigenvalue weighted by Gasteiger charge is 2.16. The van der Waals surface area contributed by atoms with E-state index < -0.39 is 0 Å². The van der Waals surface area contributed by atoms with Gasteiger partial charge in [0.15, 0.2) is 11.2 Å². The molecule has 0 aliphatic heterocycles. The molecule has 0 saturated carbocycles. The Balaban J connectivity index is 2.09. The summed E-state index contributed by atoms with van der Waals surface area (Å²) in [6.07, 6.45) is 1.65. The fourth-order valence-electron chi connectivity index (χ4n) is 2.13. The summed E-state index contributed by atoms with van der Waals surface area (Å²) in [6.45, 7) is 9.06. The maximum absolute atomic E-state index is 5.96. The fraction of sp³-hybridized carbons (Fsp3) is 0.688. The van der Waals surface area contributed by atoms with Crippen LogP contribution >= 0.6 is 0 Å². The Morgan fingerprint density at radius 2 is 1.68 bits per heavy atom. The van der Waals surface area contributed by atoms with Crippen molar-refractivity contribution in [1.29, 1.82) is 0 Å². The van der Waals surface area contributed by atoms with Crippen molar-refractivity contribution in [2.75, 3.05) is 26.1 Å². The zero-order valence-corrected chi connectivity index (χ0v) is 15.4. The van der Waals surface area contributed by atoms with Gasteiger partial charge in [0.1, 0.15) is 12.8 Å². The normalized spacial score (nSPS) is 12.0. The van der Waals surface area contributed by atoms with E-state index >= 15 is 0 Å². The highest BCUT2D eigenvalue weighted by molar-refractivity contribution is 5.77. The molecular weight excluding hydrogens is 326 g/mol. The van der Waals surface area contributed by atoms with Gasteiger partial charge in [-0.25, -0.2) is 4.98 Å². The van der Waals surface area contributed by atoms with Gasteiger partial charge < -0.3 is 29.2 Å². The van der Waals surface area contributed by atoms with Gasteiger partial charge in [-0.3, -0.25) is 0 Å². The lowest BCUT2D eigenvalue weighted by atomic mass is 10.3. The molecule has 0 spiro atoms. The second kappa shape index (κ2) is 8.93. The Labute approximate surface area is 147 Å². The van der Waals surface area contributed by atoms with Crippen molar-refractivity contribution in [2.45, 2.75) is 52.7 Å². The van der Waals surface area contributed by atoms with Gasteiger partial charge in [0.2, 0.25) is 11.8 Å². The predicted octanol–water partition coefficient (Wildman–Crippen LogP) is 1.61. The van der Waals surface area contributed by atoms with Crippen LogP contribution in [0.1, 0.15) is 27.7 Å². The molecule has 0 bridgehead atoms. The van der Waals surface area contributed by atoms with Gasteiger partial charge in [0, 0.05) is 0 Å². The van der Waals surface area contributed by atoms with Crippen molar-refractivity contribution in [3.8, 4) is 5.88 Å². The van der Waals surface area contributed by atoms with Crippen LogP contribution in [-0.2, 0) is 20.9 Å². The van der Waals surface area contributed by atoms with Crippen molar-refractivity contribution in [3.63, 3.8) is 0 Å². The molecule has 0 amide bonds. The highest BCUT2D eigenvalue weighted by Crippen LogP contribution is 2.22. The summed E-state index contributed by atoms with van der Waals surface area (Å²) in [7, 11) is 1.52. The Morgan fingerprint density at radius 1 is 1.04 bits per heavy atom. The molecule has 0 saturated heterocycles. The van der Waals surface area contributed by atoms with Crippen molar-refractivity contribution < 1.29 is 18.9 Å². The maximum atomic E-state index is 5.96. The number of anilines is 1. The minimum absolute atomic E-state index is 0.115. The number of imidazole rings is 1. The number of nitrogen functional groups attached to an aromatic ring is 1. The average molecular weight is 353 g/mol. The second-order valence-electron chi connectivity index (χ2n) is 6.16. The van der Waals surface area contributed by atoms with Crippen LogP contribution in [0.5, 0.6) is 5.88 Å². The molecule has 2 rings (SSSR count). The van der Waals surface area contributed by atoms with Gasteiger partial charge in [-0.1, -0.05) is 0 Å². The summed E-state index contributed by atoms with van der Waals surface area (Å²) in [5, 5.41) is 0. The lowest BCUT2D eigenvalue weighted by Gasteiger charge is -2.21. The van der Waals surface area contributed by atoms with Gasteiger partial charge >= 0.3 is 0 Å². The molecule has 0 aliphatic carbocycles. The Hall–Kier alpha value is -1.97. The van der Waals surface area contributed by atoms with Gasteiger partial charge in [-0.05, 0) is 27.7 Å². The van der Waals surface area contributed by atoms with E-state index in [1.165, 1.54) is 7.11 Å². The molecule has 9 nitrogen and oxygen atoms in total. The van der Waals surface area contributed by atoms with Crippen molar-refractivity contribution in [3.05, 3.63) is 6.33 Å². The summed E-state index contributed by atoms with van der Waals surface area (Å²) in [4.78, 5) is 12.4. The monoisotopic (exact) mass is 353 g/mol. The van der Waals surface area contributed by atoms with E-state index in [0.29, 0.717) is 30.3 Å². The smallest absolute Gasteiger partial charge is 0.245 e. The summed E-state index contributed by atoms with van der Waals surface area (Å²) in [5.74, 6) is 0.473. The Kier molecular flexibility index (Phi) is 6.91. The highest BCUT2D eigenvalue weighted by atomic mass is 16.6. The number of nitrogens with two attached hydrogens (primary N) is 1. The van der Waals surface area contributed by atoms with Crippen LogP contribution in [0, 0.1) is 0 Å². The summed E-state index contributed by atoms with van der Waals surface area (Å²) < 4.78 is 24.3. The molecule has 0 unspecified atom stereocenters. The van der Waals surface area contributed by atoms with E-state index in [1.807, 2.05) is 27.7 Å². The third-order valence-corrected chi connectivity index (χ3v) is 3.33. The van der Waals surface area contributed by atoms with Gasteiger partial charge in [0.25, 0.3) is 0 Å². The van der Waals surface area contributed by atoms with E-state index in [2.05, 4.69) is 15.0 Å². The van der Waals surface area contributed by atoms with E-state index in [4.69, 9.17) is 24.7 Å². The summed E-state index contributed by atoms with van der Waals surface area (Å²) >= 11 is 0. The number of aromatic nitrogens is 4. The Morgan fingerprint density at radius 3 is 2.24 bits per heavy atom. The summed E-state index contributed by atoms with van der Waals surface area (Å²) in [6, 6.07) is 0. The van der Waals surface area contributed by atoms with Crippen LogP contribution < -0.4 is 10.5 Å². The first kappa shape index (κ1) is 19.4. The number of hydrogen-bond acceptors (Lipinski definition) is 8. The predicted molar refractivity (Wildman–Crippen MR) is 93.3 cm³/mol. The first-order chi connectivity index (χ1) is 11.9. The number of fused-ring (bicyclic) bond motifs is 1. The number of ether oxygens (including phenoxy) is 4. The molecule has 0 atom stereocenters. The molecule has 0 aromatic carbocycles. The zero-order valence-electron chi connectivity index (χ0n) is 15.4. The average Bonchev–Trinajstić information content (AvgIpc) is 2.95. The summed E-state index contributed by atoms with van der Waals surface area (Å²) in [5.41, 5.74) is 6.74. The molecular formula is C16H27N5O4. The lowest BCUT2D eigenvalue weighted by Crippen LogP contribution is -2.29. The van der Waals surface area contributed by atoms with Crippen molar-refractivity contribution in [2.24, 2.45) is 0 Å². The van der Waals surface area contributed by atoms with E-state index in [-0.39, 0.29) is 31.0 Å². The molecule has 2 aromatic heterocycles. The maximum Gasteiger partial charge on any atom is 0.245 e. The molecule has 0 fully saturated rings. The molecule has 9 heteroatoms. The van der Waals surface area contributed by atoms with Crippen molar-refractivity contribution in [1.82, 2.24) is 19.5 Å². The van der Waals surface area contributed by atoms with Gasteiger partial charge in [-0.2, -0.15) is 9.97 Å². The van der Waals surface area contributed by atoms with Crippen LogP contribution in [0.4, 0.5) is 5.95 Å². The number of methoxy groups -OCH3 is 1. The molecule has 2 N–H and O–H groups in total. The first-order valence-electron chi connectivity index (χ1n) is 8.27. The van der Waals surface area contributed by atoms with Crippen molar-refractivity contribution >= 4 is 17.1 Å². The van der Waals surface area contributed by atoms with Crippen LogP contribution in [-0.4, -0.2) is 58.2 Å². The standard InChI is InChI=1S/C16H27N5O4/c1-10(2)23-6-12(7-24-11(3)4)25-9-21-8-18-14-13(21)15(22-5)20-16(17)19-14/h8,10-12H,6-7,9H2,1-5H3,(H2,17,19,20). The molecule has 2 aromatic rings. The van der Waals surface area contributed by atoms with Gasteiger partial charge in [-0.15, -0.1) is 0 Å². The van der Waals surface area contributed by atoms with Crippen LogP contribution in [0.15, 0.2) is 6.33 Å². The molecule has 25 heavy (non-hydrogen) atoms. The topological polar surface area (TPSA) is 107 Å². The minimum atomic E-state index is -0.206. The number of hydrogen-bond donors (Lipinski definition) is 1. The van der Waals surface area contributed by atoms with E-state index in [0.717, 1.165) is 0 Å². The Bertz CT molecular complexity index is 662. The van der Waals surface area contributed by atoms with Crippen LogP contribution in [0.2, 0.25) is 0 Å². The number of rotatable bonds is 10. The quantitative estimate of drug-likeness (QED) is 0.686. The molecule has 0 aliphatic rings. The van der Waals surface area contributed by atoms with Crippen LogP contribution in [0.3, 0.4) is 0 Å². The first-order valence-corrected chi connectivity index (χ1v) is 8.27. The third kappa shape index (κ3) is 5.52. The SMILES string of the molecule is COc1nc(N)nc2ncn(COC(COC(C)C)COC(C)C)c12. The largest absolute Gasteiger partial charge is 0.479 e. The zero-order chi connectivity index (χ0) is 18.4. The lowest BCUT2D eigenvalue weighted by molar-refractivity contribution is -0.0987. The van der Waals surface area contributed by atoms with E-state index in [9.17, 15) is 0 Å². The molecule has 0 radical (unpaired) electrons. The third-order valence-electron chi connectivity index (χ3n) is 3.33. The second-order valence-corrected chi connectivity index (χ2v) is 6.16. The van der Waals surface area contributed by atoms with Crippen LogP contribution in [0.25, 0.3) is 11.2 Å². The molecule has 2 heterocycles. The number of nitrogens with zero attached hydrogens (tertiary/aromatic N) is 4. The fourth-order valence-corrected chi connectivity index (χ4v) is 2.13. The van der Waals surface area contributed by atoms with E-state index in [1.54, 1.807) is 10.9 Å². The minimum Gasteiger partial charge on any atom is -0.479 e. The van der Waals surface area contributed by atoms with Gasteiger partial charge in [0.05, 0.1) is 38.9 Å². The molecule has 140 valence electrons.